The van der Waals surface area contributed by atoms with Crippen molar-refractivity contribution in [3.8, 4) is 11.4 Å². The Morgan fingerprint density at radius 2 is 1.76 bits per heavy atom. The van der Waals surface area contributed by atoms with E-state index in [0.29, 0.717) is 30.1 Å². The van der Waals surface area contributed by atoms with Crippen molar-refractivity contribution in [3.05, 3.63) is 95.3 Å². The molecule has 7 rings (SSSR count). The second-order valence-electron chi connectivity index (χ2n) is 12.3. The largest absolute Gasteiger partial charge is 0.478 e. The molecule has 1 fully saturated rings. The Bertz CT molecular complexity index is 2030. The quantitative estimate of drug-likeness (QED) is 0.146. The van der Waals surface area contributed by atoms with E-state index in [-0.39, 0.29) is 5.91 Å². The van der Waals surface area contributed by atoms with Crippen LogP contribution in [0.3, 0.4) is 0 Å². The lowest BCUT2D eigenvalue weighted by Gasteiger charge is -2.30. The molecule has 2 aromatic carbocycles. The van der Waals surface area contributed by atoms with Gasteiger partial charge in [-0.25, -0.2) is 14.8 Å². The van der Waals surface area contributed by atoms with Crippen LogP contribution in [0, 0.1) is 0 Å². The molecule has 228 valence electrons. The molecular formula is C36H36N6O3. The van der Waals surface area contributed by atoms with Crippen molar-refractivity contribution in [1.29, 1.82) is 0 Å². The first-order valence-electron chi connectivity index (χ1n) is 15.4. The van der Waals surface area contributed by atoms with E-state index in [2.05, 4.69) is 33.1 Å². The molecule has 2 aliphatic carbocycles. The van der Waals surface area contributed by atoms with Gasteiger partial charge in [-0.1, -0.05) is 43.2 Å². The number of nitrogens with one attached hydrogen (secondary N) is 1. The first-order valence-corrected chi connectivity index (χ1v) is 15.4. The molecule has 2 aliphatic rings. The number of aliphatic carboxylic acids is 1. The maximum atomic E-state index is 14.0. The number of pyridine rings is 1. The molecule has 3 heterocycles. The predicted molar refractivity (Wildman–Crippen MR) is 177 cm³/mol. The zero-order valence-corrected chi connectivity index (χ0v) is 25.5. The molecule has 9 heteroatoms. The molecule has 0 spiro atoms. The number of nitrogens with two attached hydrogens (primary N) is 1. The molecule has 1 amide bonds. The number of nitrogen functional groups attached to an aromatic ring is 1. The summed E-state index contributed by atoms with van der Waals surface area (Å²) in [7, 11) is 4.00. The summed E-state index contributed by atoms with van der Waals surface area (Å²) in [5.74, 6) is 0.521. The van der Waals surface area contributed by atoms with Gasteiger partial charge >= 0.3 is 5.97 Å². The van der Waals surface area contributed by atoms with Crippen LogP contribution in [-0.4, -0.2) is 36.1 Å². The fraction of sp³-hybridized carbons (Fsp3) is 0.278. The SMILES string of the molecule is Cn1c(C2(NC(=O)c3ccc4c(C5CCCC5)c(-c5cccc(N)n5)n(C)c4c3)CC=CC2)nc2cc(/C=C/C(=O)O)ccc21. The van der Waals surface area contributed by atoms with Crippen LogP contribution in [-0.2, 0) is 24.4 Å². The molecular weight excluding hydrogens is 564 g/mol. The van der Waals surface area contributed by atoms with Crippen molar-refractivity contribution in [2.75, 3.05) is 5.73 Å². The van der Waals surface area contributed by atoms with Gasteiger partial charge in [0.2, 0.25) is 0 Å². The maximum absolute atomic E-state index is 14.0. The number of anilines is 1. The van der Waals surface area contributed by atoms with Crippen LogP contribution in [0.5, 0.6) is 0 Å². The van der Waals surface area contributed by atoms with Crippen molar-refractivity contribution in [2.45, 2.75) is 50.0 Å². The van der Waals surface area contributed by atoms with Crippen LogP contribution in [0.25, 0.3) is 39.4 Å². The van der Waals surface area contributed by atoms with Gasteiger partial charge in [-0.15, -0.1) is 0 Å². The van der Waals surface area contributed by atoms with Crippen molar-refractivity contribution < 1.29 is 14.7 Å². The molecule has 3 aromatic heterocycles. The first-order chi connectivity index (χ1) is 21.7. The number of imidazole rings is 1. The van der Waals surface area contributed by atoms with E-state index in [1.54, 1.807) is 12.1 Å². The van der Waals surface area contributed by atoms with Crippen LogP contribution in [0.4, 0.5) is 5.82 Å². The third-order valence-corrected chi connectivity index (χ3v) is 9.48. The smallest absolute Gasteiger partial charge is 0.328 e. The number of carboxylic acid groups (broad SMARTS) is 1. The number of nitrogens with zero attached hydrogens (tertiary/aromatic N) is 4. The van der Waals surface area contributed by atoms with Gasteiger partial charge in [0.1, 0.15) is 17.2 Å². The fourth-order valence-corrected chi connectivity index (χ4v) is 7.33. The highest BCUT2D eigenvalue weighted by atomic mass is 16.4. The predicted octanol–water partition coefficient (Wildman–Crippen LogP) is 6.44. The van der Waals surface area contributed by atoms with Crippen LogP contribution in [0.2, 0.25) is 0 Å². The second kappa shape index (κ2) is 11.1. The van der Waals surface area contributed by atoms with E-state index in [9.17, 15) is 9.59 Å². The molecule has 0 unspecified atom stereocenters. The van der Waals surface area contributed by atoms with E-state index in [0.717, 1.165) is 63.6 Å². The summed E-state index contributed by atoms with van der Waals surface area (Å²) >= 11 is 0. The fourth-order valence-electron chi connectivity index (χ4n) is 7.33. The summed E-state index contributed by atoms with van der Waals surface area (Å²) in [6, 6.07) is 17.4. The molecule has 0 bridgehead atoms. The number of rotatable bonds is 7. The Labute approximate surface area is 261 Å². The number of hydrogen-bond donors (Lipinski definition) is 3. The van der Waals surface area contributed by atoms with Gasteiger partial charge in [0.05, 0.1) is 22.4 Å². The topological polar surface area (TPSA) is 128 Å². The third kappa shape index (κ3) is 4.98. The standard InChI is InChI=1S/C36H36N6O3/c1-41-29-21-24(14-15-25(29)32(23-8-3-4-9-23)33(41)26-10-7-11-30(37)38-26)34(45)40-36(18-5-6-19-36)35-39-27-20-22(13-17-31(43)44)12-16-28(27)42(35)2/h5-7,10-17,20-21,23H,3-4,8-9,18-19H2,1-2H3,(H2,37,38)(H,40,45)(H,43,44)/b17-13+. The molecule has 0 radical (unpaired) electrons. The number of carboxylic acids is 1. The van der Waals surface area contributed by atoms with Gasteiger partial charge in [0.15, 0.2) is 0 Å². The number of aromatic nitrogens is 4. The lowest BCUT2D eigenvalue weighted by molar-refractivity contribution is -0.131. The number of carbonyl (C=O) groups excluding carboxylic acids is 1. The highest BCUT2D eigenvalue weighted by Crippen LogP contribution is 2.44. The van der Waals surface area contributed by atoms with Gasteiger partial charge in [-0.2, -0.15) is 0 Å². The van der Waals surface area contributed by atoms with Gasteiger partial charge < -0.3 is 25.3 Å². The van der Waals surface area contributed by atoms with E-state index >= 15 is 0 Å². The molecule has 0 atom stereocenters. The van der Waals surface area contributed by atoms with E-state index < -0.39 is 11.5 Å². The minimum atomic E-state index is -1.00. The van der Waals surface area contributed by atoms with Crippen LogP contribution in [0.15, 0.2) is 72.8 Å². The van der Waals surface area contributed by atoms with Gasteiger partial charge in [0, 0.05) is 36.6 Å². The average molecular weight is 601 g/mol. The Hall–Kier alpha value is -5.18. The number of carbonyl (C=O) groups is 2. The summed E-state index contributed by atoms with van der Waals surface area (Å²) in [4.78, 5) is 34.7. The van der Waals surface area contributed by atoms with Crippen molar-refractivity contribution in [1.82, 2.24) is 24.4 Å². The minimum absolute atomic E-state index is 0.162. The number of hydrogen-bond acceptors (Lipinski definition) is 5. The highest BCUT2D eigenvalue weighted by molar-refractivity contribution is 6.01. The van der Waals surface area contributed by atoms with Gasteiger partial charge in [-0.05, 0) is 85.2 Å². The molecule has 9 nitrogen and oxygen atoms in total. The zero-order chi connectivity index (χ0) is 31.3. The average Bonchev–Trinajstić information content (AvgIpc) is 3.83. The monoisotopic (exact) mass is 600 g/mol. The summed E-state index contributed by atoms with van der Waals surface area (Å²) in [6.07, 6.45) is 12.8. The molecule has 5 aromatic rings. The summed E-state index contributed by atoms with van der Waals surface area (Å²) in [6.45, 7) is 0. The lowest BCUT2D eigenvalue weighted by atomic mass is 9.92. The van der Waals surface area contributed by atoms with E-state index in [4.69, 9.17) is 15.8 Å². The van der Waals surface area contributed by atoms with Gasteiger partial charge in [0.25, 0.3) is 5.91 Å². The molecule has 45 heavy (non-hydrogen) atoms. The number of fused-ring (bicyclic) bond motifs is 2. The molecule has 0 aliphatic heterocycles. The summed E-state index contributed by atoms with van der Waals surface area (Å²) in [5.41, 5.74) is 12.6. The number of aryl methyl sites for hydroxylation is 2. The normalized spacial score (nSPS) is 16.4. The van der Waals surface area contributed by atoms with Crippen molar-refractivity contribution in [3.63, 3.8) is 0 Å². The maximum Gasteiger partial charge on any atom is 0.328 e. The molecule has 4 N–H and O–H groups in total. The summed E-state index contributed by atoms with van der Waals surface area (Å²) in [5, 5.41) is 13.5. The minimum Gasteiger partial charge on any atom is -0.478 e. The zero-order valence-electron chi connectivity index (χ0n) is 25.5. The number of amides is 1. The summed E-state index contributed by atoms with van der Waals surface area (Å²) < 4.78 is 4.18. The Morgan fingerprint density at radius 3 is 2.49 bits per heavy atom. The Kier molecular flexibility index (Phi) is 7.03. The Morgan fingerprint density at radius 1 is 0.978 bits per heavy atom. The Balaban J connectivity index is 1.27. The number of benzene rings is 2. The second-order valence-corrected chi connectivity index (χ2v) is 12.3. The molecule has 1 saturated carbocycles. The van der Waals surface area contributed by atoms with E-state index in [1.165, 1.54) is 18.4 Å². The third-order valence-electron chi connectivity index (χ3n) is 9.48. The highest BCUT2D eigenvalue weighted by Gasteiger charge is 2.39. The van der Waals surface area contributed by atoms with Crippen LogP contribution in [0.1, 0.15) is 71.8 Å². The van der Waals surface area contributed by atoms with Crippen molar-refractivity contribution in [2.24, 2.45) is 14.1 Å². The van der Waals surface area contributed by atoms with E-state index in [1.807, 2.05) is 61.1 Å². The van der Waals surface area contributed by atoms with Crippen molar-refractivity contribution >= 4 is 45.7 Å². The lowest BCUT2D eigenvalue weighted by Crippen LogP contribution is -2.45. The first kappa shape index (κ1) is 28.6. The molecule has 0 saturated heterocycles. The van der Waals surface area contributed by atoms with Gasteiger partial charge in [-0.3, -0.25) is 4.79 Å². The van der Waals surface area contributed by atoms with Crippen LogP contribution < -0.4 is 11.1 Å². The van der Waals surface area contributed by atoms with Crippen LogP contribution >= 0.6 is 0 Å².